The lowest BCUT2D eigenvalue weighted by molar-refractivity contribution is -0.173. The molecule has 0 bridgehead atoms. The number of Topliss-reactive ketones (excluding diaryl/α,β-unsaturated/α-hetero) is 1. The Morgan fingerprint density at radius 3 is 2.21 bits per heavy atom. The molecule has 156 valence electrons. The van der Waals surface area contributed by atoms with Crippen LogP contribution in [-0.2, 0) is 23.9 Å². The molecule has 5 nitrogen and oxygen atoms in total. The predicted molar refractivity (Wildman–Crippen MR) is 103 cm³/mol. The maximum atomic E-state index is 13.4. The number of esters is 2. The molecule has 0 aromatic heterocycles. The first kappa shape index (κ1) is 19.9. The summed E-state index contributed by atoms with van der Waals surface area (Å²) in [6.07, 6.45) is 7.21. The van der Waals surface area contributed by atoms with E-state index in [2.05, 4.69) is 13.8 Å². The zero-order valence-corrected chi connectivity index (χ0v) is 17.7. The van der Waals surface area contributed by atoms with Gasteiger partial charge in [0.1, 0.15) is 18.0 Å². The molecule has 4 aliphatic carbocycles. The summed E-state index contributed by atoms with van der Waals surface area (Å²) in [6, 6.07) is 0. The molecule has 5 heteroatoms. The SMILES string of the molecule is CC(=O)O[C@@H]1CC[C@@]2(C)[C@@H](CC(=O)[C@@H]3[C@@H]2CC[C@]2(C)[C@H](OC(C)=O)CC[C@@H]32)C1. The summed E-state index contributed by atoms with van der Waals surface area (Å²) in [5, 5.41) is 0. The average Bonchev–Trinajstić information content (AvgIpc) is 2.92. The highest BCUT2D eigenvalue weighted by Crippen LogP contribution is 2.65. The number of rotatable bonds is 2. The Morgan fingerprint density at radius 2 is 1.54 bits per heavy atom. The van der Waals surface area contributed by atoms with E-state index < -0.39 is 0 Å². The van der Waals surface area contributed by atoms with Crippen LogP contribution in [0.25, 0.3) is 0 Å². The van der Waals surface area contributed by atoms with Crippen LogP contribution < -0.4 is 0 Å². The zero-order chi connectivity index (χ0) is 20.3. The van der Waals surface area contributed by atoms with Crippen LogP contribution in [0.2, 0.25) is 0 Å². The minimum absolute atomic E-state index is 0.0337. The first-order valence-electron chi connectivity index (χ1n) is 11.0. The number of ketones is 1. The monoisotopic (exact) mass is 390 g/mol. The van der Waals surface area contributed by atoms with Crippen molar-refractivity contribution in [1.82, 2.24) is 0 Å². The lowest BCUT2D eigenvalue weighted by Gasteiger charge is -2.59. The predicted octanol–water partition coefficient (Wildman–Crippen LogP) is 4.07. The highest BCUT2D eigenvalue weighted by atomic mass is 16.5. The molecule has 28 heavy (non-hydrogen) atoms. The fourth-order valence-corrected chi connectivity index (χ4v) is 7.58. The Balaban J connectivity index is 1.57. The van der Waals surface area contributed by atoms with Gasteiger partial charge < -0.3 is 9.47 Å². The molecule has 4 rings (SSSR count). The van der Waals surface area contributed by atoms with Gasteiger partial charge in [-0.1, -0.05) is 13.8 Å². The minimum atomic E-state index is -0.218. The Bertz CT molecular complexity index is 686. The highest BCUT2D eigenvalue weighted by Gasteiger charge is 2.63. The number of fused-ring (bicyclic) bond motifs is 5. The van der Waals surface area contributed by atoms with E-state index in [1.807, 2.05) is 0 Å². The number of ether oxygens (including phenoxy) is 2. The zero-order valence-electron chi connectivity index (χ0n) is 17.7. The largest absolute Gasteiger partial charge is 0.463 e. The minimum Gasteiger partial charge on any atom is -0.463 e. The molecule has 0 spiro atoms. The van der Waals surface area contributed by atoms with Gasteiger partial charge in [0.05, 0.1) is 0 Å². The van der Waals surface area contributed by atoms with Gasteiger partial charge in [-0.25, -0.2) is 0 Å². The third-order valence-electron chi connectivity index (χ3n) is 8.98. The Labute approximate surface area is 167 Å². The molecule has 0 heterocycles. The van der Waals surface area contributed by atoms with Crippen molar-refractivity contribution in [1.29, 1.82) is 0 Å². The highest BCUT2D eigenvalue weighted by molar-refractivity contribution is 5.83. The summed E-state index contributed by atoms with van der Waals surface area (Å²) in [4.78, 5) is 36.3. The molecule has 0 aromatic rings. The second-order valence-corrected chi connectivity index (χ2v) is 10.3. The van der Waals surface area contributed by atoms with Crippen LogP contribution in [0, 0.1) is 34.5 Å². The summed E-state index contributed by atoms with van der Waals surface area (Å²) in [6.45, 7) is 7.58. The summed E-state index contributed by atoms with van der Waals surface area (Å²) in [5.41, 5.74) is 0.0801. The van der Waals surface area contributed by atoms with E-state index in [9.17, 15) is 14.4 Å². The van der Waals surface area contributed by atoms with Crippen LogP contribution in [-0.4, -0.2) is 29.9 Å². The summed E-state index contributed by atoms with van der Waals surface area (Å²) in [7, 11) is 0. The molecule has 8 atom stereocenters. The van der Waals surface area contributed by atoms with Crippen LogP contribution in [0.5, 0.6) is 0 Å². The van der Waals surface area contributed by atoms with Gasteiger partial charge in [0.15, 0.2) is 0 Å². The number of carbonyl (C=O) groups is 3. The average molecular weight is 391 g/mol. The van der Waals surface area contributed by atoms with Gasteiger partial charge in [0.25, 0.3) is 0 Å². The van der Waals surface area contributed by atoms with Crippen molar-refractivity contribution in [2.75, 3.05) is 0 Å². The number of carbonyl (C=O) groups excluding carboxylic acids is 3. The summed E-state index contributed by atoms with van der Waals surface area (Å²) in [5.74, 6) is 1.12. The third kappa shape index (κ3) is 3.00. The molecule has 4 fully saturated rings. The van der Waals surface area contributed by atoms with E-state index in [0.717, 1.165) is 44.9 Å². The maximum absolute atomic E-state index is 13.4. The fourth-order valence-electron chi connectivity index (χ4n) is 7.58. The van der Waals surface area contributed by atoms with Gasteiger partial charge in [0, 0.05) is 31.6 Å². The molecule has 0 aromatic carbocycles. The smallest absolute Gasteiger partial charge is 0.302 e. The van der Waals surface area contributed by atoms with E-state index in [1.54, 1.807) is 0 Å². The Kier molecular flexibility index (Phi) is 4.86. The Hall–Kier alpha value is -1.39. The fraction of sp³-hybridized carbons (Fsp3) is 0.870. The first-order chi connectivity index (χ1) is 13.1. The molecule has 0 amide bonds. The van der Waals surface area contributed by atoms with Crippen molar-refractivity contribution < 1.29 is 23.9 Å². The standard InChI is InChI=1S/C23H34O5/c1-13(24)27-16-7-9-22(3)15(11-16)12-19(26)21-17-5-6-20(28-14(2)25)23(17,4)10-8-18(21)22/h15-18,20-21H,5-12H2,1-4H3/t15-,16-,17+,18+,20-,21+,22+,23+/m1/s1. The molecule has 4 aliphatic rings. The summed E-state index contributed by atoms with van der Waals surface area (Å²) >= 11 is 0. The maximum Gasteiger partial charge on any atom is 0.302 e. The van der Waals surface area contributed by atoms with Crippen molar-refractivity contribution in [2.45, 2.75) is 91.3 Å². The second kappa shape index (κ2) is 6.84. The molecule has 0 unspecified atom stereocenters. The van der Waals surface area contributed by atoms with Crippen LogP contribution in [0.3, 0.4) is 0 Å². The number of hydrogen-bond donors (Lipinski definition) is 0. The lowest BCUT2D eigenvalue weighted by Crippen LogP contribution is -2.58. The molecule has 0 saturated heterocycles. The van der Waals surface area contributed by atoms with E-state index in [4.69, 9.17) is 9.47 Å². The van der Waals surface area contributed by atoms with Crippen molar-refractivity contribution in [3.05, 3.63) is 0 Å². The van der Waals surface area contributed by atoms with E-state index >= 15 is 0 Å². The van der Waals surface area contributed by atoms with E-state index in [-0.39, 0.29) is 40.9 Å². The van der Waals surface area contributed by atoms with Gasteiger partial charge in [-0.2, -0.15) is 0 Å². The van der Waals surface area contributed by atoms with Crippen LogP contribution >= 0.6 is 0 Å². The van der Waals surface area contributed by atoms with Crippen LogP contribution in [0.1, 0.15) is 79.1 Å². The molecule has 0 aliphatic heterocycles. The third-order valence-corrected chi connectivity index (χ3v) is 8.98. The van der Waals surface area contributed by atoms with Gasteiger partial charge in [-0.05, 0) is 68.1 Å². The van der Waals surface area contributed by atoms with Crippen LogP contribution in [0.15, 0.2) is 0 Å². The lowest BCUT2D eigenvalue weighted by atomic mass is 9.45. The normalized spacial score (nSPS) is 47.5. The quantitative estimate of drug-likeness (QED) is 0.665. The van der Waals surface area contributed by atoms with Gasteiger partial charge in [0.2, 0.25) is 0 Å². The summed E-state index contributed by atoms with van der Waals surface area (Å²) < 4.78 is 11.2. The van der Waals surface area contributed by atoms with E-state index in [0.29, 0.717) is 30.0 Å². The van der Waals surface area contributed by atoms with Crippen molar-refractivity contribution >= 4 is 17.7 Å². The van der Waals surface area contributed by atoms with Crippen molar-refractivity contribution in [2.24, 2.45) is 34.5 Å². The molecular formula is C23H34O5. The van der Waals surface area contributed by atoms with E-state index in [1.165, 1.54) is 13.8 Å². The second-order valence-electron chi connectivity index (χ2n) is 10.3. The molecule has 0 radical (unpaired) electrons. The van der Waals surface area contributed by atoms with Crippen LogP contribution in [0.4, 0.5) is 0 Å². The molecular weight excluding hydrogens is 356 g/mol. The van der Waals surface area contributed by atoms with Gasteiger partial charge in [-0.3, -0.25) is 14.4 Å². The molecule has 4 saturated carbocycles. The van der Waals surface area contributed by atoms with Crippen molar-refractivity contribution in [3.63, 3.8) is 0 Å². The number of hydrogen-bond acceptors (Lipinski definition) is 5. The van der Waals surface area contributed by atoms with Gasteiger partial charge >= 0.3 is 11.9 Å². The molecule has 0 N–H and O–H groups in total. The van der Waals surface area contributed by atoms with Gasteiger partial charge in [-0.15, -0.1) is 0 Å². The first-order valence-corrected chi connectivity index (χ1v) is 11.0. The topological polar surface area (TPSA) is 69.7 Å². The Morgan fingerprint density at radius 1 is 0.893 bits per heavy atom. The van der Waals surface area contributed by atoms with Crippen molar-refractivity contribution in [3.8, 4) is 0 Å².